The summed E-state index contributed by atoms with van der Waals surface area (Å²) in [5.74, 6) is 0. The van der Waals surface area contributed by atoms with Crippen LogP contribution in [0, 0.1) is 0 Å². The topological polar surface area (TPSA) is 71.2 Å². The van der Waals surface area contributed by atoms with Gasteiger partial charge in [-0.25, -0.2) is 0 Å². The van der Waals surface area contributed by atoms with Gasteiger partial charge in [-0.15, -0.1) is 0 Å². The standard InChI is InChI=1S/C9H15N3O/c1-9(2,6-13)12-8-3-4-11-5-7(8)10/h3-5,13H,6,10H2,1-2H3,(H,11,12). The number of nitrogens with zero attached hydrogens (tertiary/aromatic N) is 1. The van der Waals surface area contributed by atoms with Gasteiger partial charge in [0.15, 0.2) is 0 Å². The predicted octanol–water partition coefficient (Wildman–Crippen LogP) is 0.847. The van der Waals surface area contributed by atoms with Crippen LogP contribution in [0.1, 0.15) is 13.8 Å². The van der Waals surface area contributed by atoms with E-state index in [-0.39, 0.29) is 12.1 Å². The van der Waals surface area contributed by atoms with Crippen LogP contribution >= 0.6 is 0 Å². The Morgan fingerprint density at radius 1 is 1.62 bits per heavy atom. The van der Waals surface area contributed by atoms with E-state index in [1.165, 1.54) is 0 Å². The Labute approximate surface area is 77.8 Å². The number of hydrogen-bond donors (Lipinski definition) is 3. The van der Waals surface area contributed by atoms with E-state index in [9.17, 15) is 0 Å². The van der Waals surface area contributed by atoms with Gasteiger partial charge in [0.1, 0.15) is 0 Å². The molecule has 0 saturated carbocycles. The lowest BCUT2D eigenvalue weighted by molar-refractivity contribution is 0.234. The summed E-state index contributed by atoms with van der Waals surface area (Å²) in [5, 5.41) is 12.1. The lowest BCUT2D eigenvalue weighted by Crippen LogP contribution is -2.35. The summed E-state index contributed by atoms with van der Waals surface area (Å²) < 4.78 is 0. The zero-order valence-corrected chi connectivity index (χ0v) is 7.91. The number of nitrogen functional groups attached to an aromatic ring is 1. The maximum absolute atomic E-state index is 9.03. The minimum atomic E-state index is -0.366. The molecule has 0 aliphatic carbocycles. The van der Waals surface area contributed by atoms with Gasteiger partial charge in [-0.2, -0.15) is 0 Å². The summed E-state index contributed by atoms with van der Waals surface area (Å²) in [7, 11) is 0. The van der Waals surface area contributed by atoms with Crippen LogP contribution in [0.3, 0.4) is 0 Å². The number of pyridine rings is 1. The first kappa shape index (κ1) is 9.80. The summed E-state index contributed by atoms with van der Waals surface area (Å²) in [6, 6.07) is 1.78. The van der Waals surface area contributed by atoms with E-state index in [0.717, 1.165) is 5.69 Å². The fraction of sp³-hybridized carbons (Fsp3) is 0.444. The largest absolute Gasteiger partial charge is 0.396 e. The highest BCUT2D eigenvalue weighted by Gasteiger charge is 2.16. The van der Waals surface area contributed by atoms with Crippen molar-refractivity contribution in [3.05, 3.63) is 18.5 Å². The highest BCUT2D eigenvalue weighted by atomic mass is 16.3. The maximum Gasteiger partial charge on any atom is 0.0736 e. The molecule has 1 rings (SSSR count). The predicted molar refractivity (Wildman–Crippen MR) is 53.4 cm³/mol. The fourth-order valence-corrected chi connectivity index (χ4v) is 0.925. The maximum atomic E-state index is 9.03. The SMILES string of the molecule is CC(C)(CO)Nc1ccncc1N. The summed E-state index contributed by atoms with van der Waals surface area (Å²) in [5.41, 5.74) is 6.70. The Morgan fingerprint density at radius 3 is 2.85 bits per heavy atom. The molecular weight excluding hydrogens is 166 g/mol. The molecule has 4 N–H and O–H groups in total. The van der Waals surface area contributed by atoms with Gasteiger partial charge in [0, 0.05) is 6.20 Å². The highest BCUT2D eigenvalue weighted by molar-refractivity contribution is 5.65. The van der Waals surface area contributed by atoms with Gasteiger partial charge in [0.05, 0.1) is 29.7 Å². The van der Waals surface area contributed by atoms with Gasteiger partial charge < -0.3 is 16.2 Å². The molecule has 0 aromatic carbocycles. The number of rotatable bonds is 3. The lowest BCUT2D eigenvalue weighted by Gasteiger charge is -2.25. The lowest BCUT2D eigenvalue weighted by atomic mass is 10.1. The molecule has 0 amide bonds. The molecule has 0 aliphatic rings. The molecule has 0 atom stereocenters. The van der Waals surface area contributed by atoms with Gasteiger partial charge in [-0.3, -0.25) is 4.98 Å². The van der Waals surface area contributed by atoms with Crippen LogP contribution in [0.5, 0.6) is 0 Å². The second kappa shape index (κ2) is 3.62. The summed E-state index contributed by atoms with van der Waals surface area (Å²) in [6.45, 7) is 3.84. The van der Waals surface area contributed by atoms with E-state index in [1.54, 1.807) is 18.5 Å². The first-order chi connectivity index (χ1) is 6.05. The number of hydrogen-bond acceptors (Lipinski definition) is 4. The van der Waals surface area contributed by atoms with Crippen LogP contribution in [-0.4, -0.2) is 22.2 Å². The number of anilines is 2. The number of aliphatic hydroxyl groups excluding tert-OH is 1. The van der Waals surface area contributed by atoms with Crippen LogP contribution in [0.4, 0.5) is 11.4 Å². The molecule has 0 bridgehead atoms. The van der Waals surface area contributed by atoms with Crippen LogP contribution in [0.25, 0.3) is 0 Å². The van der Waals surface area contributed by atoms with E-state index in [2.05, 4.69) is 10.3 Å². The van der Waals surface area contributed by atoms with Gasteiger partial charge in [0.25, 0.3) is 0 Å². The highest BCUT2D eigenvalue weighted by Crippen LogP contribution is 2.19. The van der Waals surface area contributed by atoms with E-state index >= 15 is 0 Å². The van der Waals surface area contributed by atoms with Crippen molar-refractivity contribution in [2.75, 3.05) is 17.7 Å². The van der Waals surface area contributed by atoms with Crippen molar-refractivity contribution in [2.45, 2.75) is 19.4 Å². The van der Waals surface area contributed by atoms with Crippen molar-refractivity contribution in [1.82, 2.24) is 4.98 Å². The molecule has 4 heteroatoms. The van der Waals surface area contributed by atoms with E-state index in [4.69, 9.17) is 10.8 Å². The number of nitrogens with two attached hydrogens (primary N) is 1. The Kier molecular flexibility index (Phi) is 2.72. The average molecular weight is 181 g/mol. The van der Waals surface area contributed by atoms with Crippen LogP contribution < -0.4 is 11.1 Å². The number of nitrogens with one attached hydrogen (secondary N) is 1. The zero-order chi connectivity index (χ0) is 9.90. The third-order valence-corrected chi connectivity index (χ3v) is 1.72. The molecule has 1 heterocycles. The summed E-state index contributed by atoms with van der Waals surface area (Å²) in [4.78, 5) is 3.87. The Bertz CT molecular complexity index is 286. The van der Waals surface area contributed by atoms with Crippen LogP contribution in [0.2, 0.25) is 0 Å². The smallest absolute Gasteiger partial charge is 0.0736 e. The van der Waals surface area contributed by atoms with Crippen molar-refractivity contribution >= 4 is 11.4 Å². The first-order valence-corrected chi connectivity index (χ1v) is 4.14. The molecule has 1 aromatic rings. The second-order valence-corrected chi connectivity index (χ2v) is 3.63. The average Bonchev–Trinajstić information content (AvgIpc) is 2.09. The Balaban J connectivity index is 2.80. The molecule has 0 spiro atoms. The van der Waals surface area contributed by atoms with E-state index in [0.29, 0.717) is 5.69 Å². The van der Waals surface area contributed by atoms with Crippen molar-refractivity contribution < 1.29 is 5.11 Å². The van der Waals surface area contributed by atoms with Gasteiger partial charge in [0.2, 0.25) is 0 Å². The third kappa shape index (κ3) is 2.59. The molecule has 4 nitrogen and oxygen atoms in total. The van der Waals surface area contributed by atoms with E-state index in [1.807, 2.05) is 13.8 Å². The molecule has 0 aliphatic heterocycles. The van der Waals surface area contributed by atoms with Crippen LogP contribution in [-0.2, 0) is 0 Å². The fourth-order valence-electron chi connectivity index (χ4n) is 0.925. The molecular formula is C9H15N3O. The van der Waals surface area contributed by atoms with E-state index < -0.39 is 0 Å². The van der Waals surface area contributed by atoms with Gasteiger partial charge in [-0.1, -0.05) is 0 Å². The minimum Gasteiger partial charge on any atom is -0.396 e. The van der Waals surface area contributed by atoms with Crippen LogP contribution in [0.15, 0.2) is 18.5 Å². The van der Waals surface area contributed by atoms with Crippen molar-refractivity contribution in [3.8, 4) is 0 Å². The quantitative estimate of drug-likeness (QED) is 0.646. The Hall–Kier alpha value is -1.29. The van der Waals surface area contributed by atoms with Crippen molar-refractivity contribution in [1.29, 1.82) is 0 Å². The molecule has 13 heavy (non-hydrogen) atoms. The summed E-state index contributed by atoms with van der Waals surface area (Å²) in [6.07, 6.45) is 3.24. The molecule has 72 valence electrons. The normalized spacial score (nSPS) is 11.3. The van der Waals surface area contributed by atoms with Crippen molar-refractivity contribution in [2.24, 2.45) is 0 Å². The number of aromatic nitrogens is 1. The first-order valence-electron chi connectivity index (χ1n) is 4.14. The minimum absolute atomic E-state index is 0.0504. The van der Waals surface area contributed by atoms with Crippen molar-refractivity contribution in [3.63, 3.8) is 0 Å². The van der Waals surface area contributed by atoms with Gasteiger partial charge >= 0.3 is 0 Å². The zero-order valence-electron chi connectivity index (χ0n) is 7.91. The molecule has 0 saturated heterocycles. The molecule has 0 unspecified atom stereocenters. The molecule has 0 radical (unpaired) electrons. The Morgan fingerprint density at radius 2 is 2.31 bits per heavy atom. The molecule has 1 aromatic heterocycles. The van der Waals surface area contributed by atoms with Gasteiger partial charge in [-0.05, 0) is 19.9 Å². The monoisotopic (exact) mass is 181 g/mol. The summed E-state index contributed by atoms with van der Waals surface area (Å²) >= 11 is 0. The molecule has 0 fully saturated rings. The number of aliphatic hydroxyl groups is 1. The third-order valence-electron chi connectivity index (χ3n) is 1.72. The second-order valence-electron chi connectivity index (χ2n) is 3.63.